The number of hydrogen-bond acceptors (Lipinski definition) is 6. The Morgan fingerprint density at radius 3 is 2.59 bits per heavy atom. The number of Topliss-reactive ketones (excluding diaryl/α,β-unsaturated/α-hetero) is 1. The highest BCUT2D eigenvalue weighted by molar-refractivity contribution is 9.10. The SMILES string of the molecule is CCCCOc1ccc(/C(O)=C2\C(=O)C(=O)N(CCCN3CCOCC3)[C@H]2c2cccc(Br)c2)cc1C. The average Bonchev–Trinajstić information content (AvgIpc) is 3.15. The second kappa shape index (κ2) is 12.7. The molecule has 1 N–H and O–H groups in total. The number of aliphatic hydroxyl groups is 1. The molecule has 0 spiro atoms. The molecule has 0 aromatic heterocycles. The zero-order chi connectivity index (χ0) is 26.4. The van der Waals surface area contributed by atoms with E-state index in [-0.39, 0.29) is 11.3 Å². The highest BCUT2D eigenvalue weighted by atomic mass is 79.9. The first-order chi connectivity index (χ1) is 17.9. The second-order valence-corrected chi connectivity index (χ2v) is 10.5. The summed E-state index contributed by atoms with van der Waals surface area (Å²) in [6, 6.07) is 12.3. The summed E-state index contributed by atoms with van der Waals surface area (Å²) in [4.78, 5) is 30.5. The van der Waals surface area contributed by atoms with Crippen LogP contribution >= 0.6 is 15.9 Å². The summed E-state index contributed by atoms with van der Waals surface area (Å²) < 4.78 is 12.1. The third kappa shape index (κ3) is 6.43. The van der Waals surface area contributed by atoms with Gasteiger partial charge in [0.25, 0.3) is 11.7 Å². The van der Waals surface area contributed by atoms with Crippen molar-refractivity contribution < 1.29 is 24.2 Å². The third-order valence-electron chi connectivity index (χ3n) is 6.89. The van der Waals surface area contributed by atoms with Crippen LogP contribution in [-0.4, -0.2) is 72.6 Å². The standard InChI is InChI=1S/C29H35BrN2O5/c1-3-4-15-37-24-10-9-22(18-20(24)2)27(33)25-26(21-7-5-8-23(30)19-21)32(29(35)28(25)34)12-6-11-31-13-16-36-17-14-31/h5,7-10,18-19,26,33H,3-4,6,11-17H2,1-2H3/b27-25+/t26-/m0/s1. The van der Waals surface area contributed by atoms with Crippen molar-refractivity contribution in [2.24, 2.45) is 0 Å². The molecule has 0 saturated carbocycles. The molecule has 0 bridgehead atoms. The van der Waals surface area contributed by atoms with Crippen LogP contribution in [0.25, 0.3) is 5.76 Å². The fourth-order valence-electron chi connectivity index (χ4n) is 4.86. The van der Waals surface area contributed by atoms with E-state index >= 15 is 0 Å². The van der Waals surface area contributed by atoms with Gasteiger partial charge in [-0.05, 0) is 61.2 Å². The third-order valence-corrected chi connectivity index (χ3v) is 7.38. The molecule has 0 unspecified atom stereocenters. The van der Waals surface area contributed by atoms with Crippen LogP contribution in [0.4, 0.5) is 0 Å². The maximum atomic E-state index is 13.3. The number of likely N-dealkylation sites (tertiary alicyclic amines) is 1. The van der Waals surface area contributed by atoms with Crippen molar-refractivity contribution in [1.29, 1.82) is 0 Å². The van der Waals surface area contributed by atoms with Gasteiger partial charge in [0.1, 0.15) is 11.5 Å². The van der Waals surface area contributed by atoms with Gasteiger partial charge in [-0.3, -0.25) is 14.5 Å². The smallest absolute Gasteiger partial charge is 0.295 e. The van der Waals surface area contributed by atoms with Gasteiger partial charge in [-0.15, -0.1) is 0 Å². The minimum absolute atomic E-state index is 0.119. The van der Waals surface area contributed by atoms with Crippen LogP contribution in [0.1, 0.15) is 48.9 Å². The maximum Gasteiger partial charge on any atom is 0.295 e. The van der Waals surface area contributed by atoms with E-state index in [2.05, 4.69) is 27.8 Å². The monoisotopic (exact) mass is 570 g/mol. The van der Waals surface area contributed by atoms with Crippen LogP contribution in [0.15, 0.2) is 52.5 Å². The number of morpholine rings is 1. The molecule has 0 radical (unpaired) electrons. The van der Waals surface area contributed by atoms with Crippen molar-refractivity contribution in [3.8, 4) is 5.75 Å². The molecule has 2 aliphatic rings. The molecular weight excluding hydrogens is 536 g/mol. The summed E-state index contributed by atoms with van der Waals surface area (Å²) in [7, 11) is 0. The highest BCUT2D eigenvalue weighted by Gasteiger charge is 2.45. The number of hydrogen-bond donors (Lipinski definition) is 1. The van der Waals surface area contributed by atoms with Crippen molar-refractivity contribution in [3.63, 3.8) is 0 Å². The number of benzene rings is 2. The van der Waals surface area contributed by atoms with E-state index in [1.165, 1.54) is 0 Å². The Balaban J connectivity index is 1.64. The molecule has 4 rings (SSSR count). The molecule has 0 aliphatic carbocycles. The summed E-state index contributed by atoms with van der Waals surface area (Å²) in [6.07, 6.45) is 2.73. The van der Waals surface area contributed by atoms with E-state index in [0.29, 0.717) is 31.9 Å². The van der Waals surface area contributed by atoms with Crippen molar-refractivity contribution in [2.45, 2.75) is 39.2 Å². The lowest BCUT2D eigenvalue weighted by Crippen LogP contribution is -2.38. The first kappa shape index (κ1) is 27.4. The van der Waals surface area contributed by atoms with E-state index < -0.39 is 17.7 Å². The summed E-state index contributed by atoms with van der Waals surface area (Å²) in [5.41, 5.74) is 2.25. The Labute approximate surface area is 227 Å². The van der Waals surface area contributed by atoms with Crippen molar-refractivity contribution >= 4 is 33.4 Å². The van der Waals surface area contributed by atoms with E-state index in [4.69, 9.17) is 9.47 Å². The lowest BCUT2D eigenvalue weighted by atomic mass is 9.94. The minimum Gasteiger partial charge on any atom is -0.507 e. The normalized spacial score (nSPS) is 20.0. The molecule has 198 valence electrons. The van der Waals surface area contributed by atoms with Crippen LogP contribution < -0.4 is 4.74 Å². The van der Waals surface area contributed by atoms with Gasteiger partial charge in [-0.25, -0.2) is 0 Å². The molecule has 8 heteroatoms. The van der Waals surface area contributed by atoms with Crippen LogP contribution in [0.3, 0.4) is 0 Å². The number of unbranched alkanes of at least 4 members (excludes halogenated alkanes) is 1. The number of aryl methyl sites for hydroxylation is 1. The summed E-state index contributed by atoms with van der Waals surface area (Å²) in [5, 5.41) is 11.4. The van der Waals surface area contributed by atoms with Crippen LogP contribution in [0.5, 0.6) is 5.75 Å². The number of carbonyl (C=O) groups excluding carboxylic acids is 2. The quantitative estimate of drug-likeness (QED) is 0.186. The van der Waals surface area contributed by atoms with Gasteiger partial charge in [-0.2, -0.15) is 0 Å². The number of rotatable bonds is 10. The molecule has 1 amide bonds. The molecule has 2 aromatic carbocycles. The number of amides is 1. The largest absolute Gasteiger partial charge is 0.507 e. The van der Waals surface area contributed by atoms with E-state index in [9.17, 15) is 14.7 Å². The minimum atomic E-state index is -0.664. The first-order valence-electron chi connectivity index (χ1n) is 13.0. The Morgan fingerprint density at radius 1 is 1.11 bits per heavy atom. The van der Waals surface area contributed by atoms with Crippen LogP contribution in [-0.2, 0) is 14.3 Å². The molecule has 2 aromatic rings. The molecule has 2 saturated heterocycles. The van der Waals surface area contributed by atoms with Gasteiger partial charge in [0, 0.05) is 36.2 Å². The van der Waals surface area contributed by atoms with Gasteiger partial charge in [0.15, 0.2) is 0 Å². The molecule has 7 nitrogen and oxygen atoms in total. The van der Waals surface area contributed by atoms with Gasteiger partial charge in [-0.1, -0.05) is 41.4 Å². The molecule has 37 heavy (non-hydrogen) atoms. The Bertz CT molecular complexity index is 1160. The molecular formula is C29H35BrN2O5. The van der Waals surface area contributed by atoms with E-state index in [0.717, 1.165) is 60.2 Å². The number of aliphatic hydroxyl groups excluding tert-OH is 1. The highest BCUT2D eigenvalue weighted by Crippen LogP contribution is 2.40. The van der Waals surface area contributed by atoms with Gasteiger partial charge >= 0.3 is 0 Å². The van der Waals surface area contributed by atoms with E-state index in [1.54, 1.807) is 17.0 Å². The van der Waals surface area contributed by atoms with Gasteiger partial charge in [0.2, 0.25) is 0 Å². The molecule has 2 fully saturated rings. The zero-order valence-electron chi connectivity index (χ0n) is 21.5. The molecule has 2 aliphatic heterocycles. The lowest BCUT2D eigenvalue weighted by Gasteiger charge is -2.29. The number of carbonyl (C=O) groups is 2. The fourth-order valence-corrected chi connectivity index (χ4v) is 5.28. The summed E-state index contributed by atoms with van der Waals surface area (Å²) >= 11 is 3.51. The number of halogens is 1. The Hall–Kier alpha value is -2.68. The predicted octanol–water partition coefficient (Wildman–Crippen LogP) is 5.08. The van der Waals surface area contributed by atoms with Crippen LogP contribution in [0.2, 0.25) is 0 Å². The summed E-state index contributed by atoms with van der Waals surface area (Å²) in [6.45, 7) is 9.03. The van der Waals surface area contributed by atoms with Gasteiger partial charge in [0.05, 0.1) is 31.4 Å². The molecule has 1 atom stereocenters. The van der Waals surface area contributed by atoms with Crippen LogP contribution in [0, 0.1) is 6.92 Å². The first-order valence-corrected chi connectivity index (χ1v) is 13.8. The lowest BCUT2D eigenvalue weighted by molar-refractivity contribution is -0.140. The van der Waals surface area contributed by atoms with Gasteiger partial charge < -0.3 is 19.5 Å². The van der Waals surface area contributed by atoms with Crippen molar-refractivity contribution in [1.82, 2.24) is 9.80 Å². The fraction of sp³-hybridized carbons (Fsp3) is 0.448. The molecule has 2 heterocycles. The summed E-state index contributed by atoms with van der Waals surface area (Å²) in [5.74, 6) is -0.654. The number of ether oxygens (including phenoxy) is 2. The number of nitrogens with zero attached hydrogens (tertiary/aromatic N) is 2. The topological polar surface area (TPSA) is 79.3 Å². The maximum absolute atomic E-state index is 13.3. The van der Waals surface area contributed by atoms with Crippen molar-refractivity contribution in [3.05, 3.63) is 69.2 Å². The average molecular weight is 572 g/mol. The number of ketones is 1. The zero-order valence-corrected chi connectivity index (χ0v) is 23.1. The second-order valence-electron chi connectivity index (χ2n) is 9.54. The van der Waals surface area contributed by atoms with E-state index in [1.807, 2.05) is 37.3 Å². The predicted molar refractivity (Wildman–Crippen MR) is 147 cm³/mol. The van der Waals surface area contributed by atoms with Crippen molar-refractivity contribution in [2.75, 3.05) is 46.0 Å². The Morgan fingerprint density at radius 2 is 1.89 bits per heavy atom. The Kier molecular flexibility index (Phi) is 9.40.